The van der Waals surface area contributed by atoms with Crippen LogP contribution in [0.4, 0.5) is 14.6 Å². The van der Waals surface area contributed by atoms with Crippen LogP contribution in [0.1, 0.15) is 39.5 Å². The van der Waals surface area contributed by atoms with E-state index >= 15 is 8.78 Å². The molecule has 2 heterocycles. The predicted octanol–water partition coefficient (Wildman–Crippen LogP) is 6.12. The summed E-state index contributed by atoms with van der Waals surface area (Å²) in [5, 5.41) is 15.7. The molecule has 3 fully saturated rings. The highest BCUT2D eigenvalue weighted by molar-refractivity contribution is 6.01. The Bertz CT molecular complexity index is 1710. The quantitative estimate of drug-likeness (QED) is 0.270. The van der Waals surface area contributed by atoms with Crippen molar-refractivity contribution in [1.29, 1.82) is 0 Å². The molecule has 0 bridgehead atoms. The average molecular weight is 588 g/mol. The molecule has 2 N–H and O–H groups in total. The summed E-state index contributed by atoms with van der Waals surface area (Å²) in [4.78, 5) is 13.8. The number of rotatable bonds is 7. The third-order valence-corrected chi connectivity index (χ3v) is 10.0. The molecule has 7 rings (SSSR count). The molecule has 1 aliphatic heterocycles. The molecule has 0 spiro atoms. The smallest absolute Gasteiger partial charge is 0.319 e. The molecule has 2 aliphatic carbocycles. The number of nitrogens with one attached hydrogen (secondary N) is 1. The van der Waals surface area contributed by atoms with Gasteiger partial charge in [0, 0.05) is 42.0 Å². The topological polar surface area (TPSA) is 73.8 Å². The fourth-order valence-corrected chi connectivity index (χ4v) is 7.90. The second-order valence-electron chi connectivity index (χ2n) is 13.0. The first kappa shape index (κ1) is 28.2. The van der Waals surface area contributed by atoms with E-state index in [0.717, 1.165) is 19.3 Å². The number of halogens is 2. The Labute approximate surface area is 250 Å². The molecule has 43 heavy (non-hydrogen) atoms. The van der Waals surface area contributed by atoms with Crippen LogP contribution in [0, 0.1) is 23.0 Å². The fraction of sp³-hybridized carbons (Fsp3) is 0.471. The minimum absolute atomic E-state index is 0.0171. The second-order valence-corrected chi connectivity index (χ2v) is 13.0. The molecular formula is C34H39F2N5O2. The molecule has 226 valence electrons. The van der Waals surface area contributed by atoms with E-state index in [1.165, 1.54) is 18.6 Å². The first-order valence-corrected chi connectivity index (χ1v) is 15.4. The zero-order valence-corrected chi connectivity index (χ0v) is 25.2. The first-order valence-electron chi connectivity index (χ1n) is 15.4. The summed E-state index contributed by atoms with van der Waals surface area (Å²) in [6, 6.07) is 12.5. The molecule has 0 amide bonds. The Hall–Kier alpha value is -3.56. The molecule has 1 unspecified atom stereocenters. The summed E-state index contributed by atoms with van der Waals surface area (Å²) in [7, 11) is 4.23. The molecule has 3 aliphatic rings. The van der Waals surface area contributed by atoms with Crippen LogP contribution in [0.3, 0.4) is 0 Å². The van der Waals surface area contributed by atoms with Crippen LogP contribution in [-0.2, 0) is 0 Å². The van der Waals surface area contributed by atoms with Gasteiger partial charge in [-0.3, -0.25) is 0 Å². The highest BCUT2D eigenvalue weighted by Crippen LogP contribution is 2.64. The van der Waals surface area contributed by atoms with E-state index in [0.29, 0.717) is 53.6 Å². The minimum atomic E-state index is -0.788. The lowest BCUT2D eigenvalue weighted by atomic mass is 9.95. The molecule has 1 saturated heterocycles. The van der Waals surface area contributed by atoms with Crippen LogP contribution in [0.2, 0.25) is 0 Å². The van der Waals surface area contributed by atoms with Crippen molar-refractivity contribution in [3.63, 3.8) is 0 Å². The van der Waals surface area contributed by atoms with Gasteiger partial charge in [0.05, 0.1) is 12.2 Å². The maximum atomic E-state index is 16.7. The van der Waals surface area contributed by atoms with Crippen molar-refractivity contribution < 1.29 is 18.6 Å². The van der Waals surface area contributed by atoms with E-state index in [1.54, 1.807) is 12.1 Å². The molecule has 7 nitrogen and oxygen atoms in total. The van der Waals surface area contributed by atoms with Gasteiger partial charge < -0.3 is 25.0 Å². The highest BCUT2D eigenvalue weighted by atomic mass is 19.1. The monoisotopic (exact) mass is 587 g/mol. The summed E-state index contributed by atoms with van der Waals surface area (Å²) >= 11 is 0. The number of ether oxygens (including phenoxy) is 1. The van der Waals surface area contributed by atoms with Gasteiger partial charge in [-0.1, -0.05) is 31.2 Å². The number of aromatic nitrogens is 2. The van der Waals surface area contributed by atoms with Gasteiger partial charge in [0.15, 0.2) is 5.82 Å². The molecular weight excluding hydrogens is 548 g/mol. The number of benzene rings is 3. The van der Waals surface area contributed by atoms with E-state index in [2.05, 4.69) is 48.0 Å². The summed E-state index contributed by atoms with van der Waals surface area (Å²) < 4.78 is 39.1. The first-order chi connectivity index (χ1) is 20.7. The van der Waals surface area contributed by atoms with E-state index in [1.807, 2.05) is 18.2 Å². The van der Waals surface area contributed by atoms with Crippen molar-refractivity contribution in [2.75, 3.05) is 38.7 Å². The summed E-state index contributed by atoms with van der Waals surface area (Å²) in [5.74, 6) is -0.475. The number of hydrogen-bond acceptors (Lipinski definition) is 7. The van der Waals surface area contributed by atoms with Gasteiger partial charge in [0.2, 0.25) is 0 Å². The van der Waals surface area contributed by atoms with E-state index in [-0.39, 0.29) is 45.9 Å². The number of phenolic OH excluding ortho intramolecular Hbond substituents is 1. The van der Waals surface area contributed by atoms with Crippen LogP contribution in [-0.4, -0.2) is 71.9 Å². The van der Waals surface area contributed by atoms with Crippen molar-refractivity contribution in [1.82, 2.24) is 20.2 Å². The van der Waals surface area contributed by atoms with Gasteiger partial charge in [-0.2, -0.15) is 9.97 Å². The van der Waals surface area contributed by atoms with E-state index < -0.39 is 11.6 Å². The molecule has 0 radical (unpaired) electrons. The maximum Gasteiger partial charge on any atom is 0.319 e. The van der Waals surface area contributed by atoms with Gasteiger partial charge >= 0.3 is 6.01 Å². The predicted molar refractivity (Wildman–Crippen MR) is 166 cm³/mol. The Balaban J connectivity index is 1.37. The minimum Gasteiger partial charge on any atom is -0.508 e. The number of hydrogen-bond donors (Lipinski definition) is 2. The molecule has 3 aromatic carbocycles. The number of phenols is 1. The lowest BCUT2D eigenvalue weighted by Gasteiger charge is -2.38. The summed E-state index contributed by atoms with van der Waals surface area (Å²) in [6.45, 7) is 5.99. The maximum absolute atomic E-state index is 16.7. The number of fused-ring (bicyclic) bond motifs is 3. The third kappa shape index (κ3) is 4.77. The van der Waals surface area contributed by atoms with Gasteiger partial charge in [-0.25, -0.2) is 8.78 Å². The zero-order valence-electron chi connectivity index (χ0n) is 25.2. The van der Waals surface area contributed by atoms with Crippen molar-refractivity contribution >= 4 is 27.5 Å². The van der Waals surface area contributed by atoms with E-state index in [4.69, 9.17) is 9.72 Å². The van der Waals surface area contributed by atoms with Crippen LogP contribution in [0.15, 0.2) is 42.5 Å². The van der Waals surface area contributed by atoms with Gasteiger partial charge in [-0.05, 0) is 87.2 Å². The number of nitrogens with zero attached hydrogens (tertiary/aromatic N) is 4. The zero-order chi connectivity index (χ0) is 30.0. The number of aromatic hydroxyl groups is 1. The third-order valence-electron chi connectivity index (χ3n) is 10.0. The van der Waals surface area contributed by atoms with Crippen molar-refractivity contribution in [3.05, 3.63) is 54.1 Å². The molecule has 2 saturated carbocycles. The summed E-state index contributed by atoms with van der Waals surface area (Å²) in [5.41, 5.74) is 0.130. The lowest BCUT2D eigenvalue weighted by Crippen LogP contribution is -2.55. The standard InChI is InChI=1S/C34H39F2N5O2/c1-5-22-17-41(16-19(2)37-22)32-26-14-27(35)29(25-13-23(42)12-20-8-6-7-9-24(20)25)30(36)31(26)38-33(39-32)43-18-34-15-21(34)10-11-28(34)40(3)4/h6-9,12-14,19,21-22,28,37,42H,5,10-11,15-18H2,1-4H3/t19-,21+,22-,28?,34+/m1/s1. The SMILES string of the molecule is CC[C@@H]1CN(c2nc(OC[C@@]34C[C@@H]3CCC4N(C)C)nc3c(F)c(-c4cc(O)cc5ccccc45)c(F)cc23)C[C@@H](C)N1. The highest BCUT2D eigenvalue weighted by Gasteiger charge is 2.63. The van der Waals surface area contributed by atoms with E-state index in [9.17, 15) is 5.11 Å². The average Bonchev–Trinajstić information content (AvgIpc) is 3.57. The van der Waals surface area contributed by atoms with Crippen molar-refractivity contribution in [3.8, 4) is 22.9 Å². The normalized spacial score (nSPS) is 26.8. The second kappa shape index (κ2) is 10.6. The molecule has 5 atom stereocenters. The van der Waals surface area contributed by atoms with Crippen LogP contribution < -0.4 is 15.0 Å². The molecule has 9 heteroatoms. The summed E-state index contributed by atoms with van der Waals surface area (Å²) in [6.07, 6.45) is 4.35. The van der Waals surface area contributed by atoms with Crippen LogP contribution in [0.25, 0.3) is 32.8 Å². The molecule has 1 aromatic heterocycles. The number of anilines is 1. The van der Waals surface area contributed by atoms with Gasteiger partial charge in [0.25, 0.3) is 0 Å². The Morgan fingerprint density at radius 1 is 1.09 bits per heavy atom. The van der Waals surface area contributed by atoms with Gasteiger partial charge in [0.1, 0.15) is 22.9 Å². The van der Waals surface area contributed by atoms with Crippen molar-refractivity contribution in [2.45, 2.75) is 57.7 Å². The van der Waals surface area contributed by atoms with Crippen molar-refractivity contribution in [2.24, 2.45) is 11.3 Å². The Kier molecular flexibility index (Phi) is 6.93. The molecule has 4 aromatic rings. The van der Waals surface area contributed by atoms with Gasteiger partial charge in [-0.15, -0.1) is 0 Å². The number of piperazine rings is 1. The Morgan fingerprint density at radius 3 is 2.67 bits per heavy atom. The lowest BCUT2D eigenvalue weighted by molar-refractivity contribution is 0.131. The van der Waals surface area contributed by atoms with Crippen LogP contribution >= 0.6 is 0 Å². The van der Waals surface area contributed by atoms with Crippen LogP contribution in [0.5, 0.6) is 11.8 Å². The fourth-order valence-electron chi connectivity index (χ4n) is 7.90. The largest absolute Gasteiger partial charge is 0.508 e. The Morgan fingerprint density at radius 2 is 1.91 bits per heavy atom.